The van der Waals surface area contributed by atoms with Crippen molar-refractivity contribution in [2.75, 3.05) is 6.79 Å². The molecule has 0 aliphatic heterocycles. The van der Waals surface area contributed by atoms with E-state index in [1.165, 1.54) is 0 Å². The molecule has 0 unspecified atom stereocenters. The second kappa shape index (κ2) is 9.87. The van der Waals surface area contributed by atoms with Crippen molar-refractivity contribution in [3.63, 3.8) is 0 Å². The van der Waals surface area contributed by atoms with Crippen LogP contribution in [0.15, 0.2) is 40.1 Å². The molecule has 0 heterocycles. The third-order valence-corrected chi connectivity index (χ3v) is 7.25. The maximum atomic E-state index is 13.4. The maximum Gasteiger partial charge on any atom is 0.417 e. The topological polar surface area (TPSA) is 86.7 Å². The van der Waals surface area contributed by atoms with Crippen LogP contribution in [0, 0.1) is 6.92 Å². The smallest absolute Gasteiger partial charge is 0.236 e. The highest BCUT2D eigenvalue weighted by molar-refractivity contribution is 7.87. The Bertz CT molecular complexity index is 1380. The van der Waals surface area contributed by atoms with Crippen molar-refractivity contribution in [3.05, 3.63) is 58.1 Å². The Labute approximate surface area is 205 Å². The Hall–Kier alpha value is -2.58. The van der Waals surface area contributed by atoms with Crippen molar-refractivity contribution in [2.24, 2.45) is 0 Å². The molecule has 214 valence electrons. The van der Waals surface area contributed by atoms with Crippen molar-refractivity contribution in [3.8, 4) is 0 Å². The van der Waals surface area contributed by atoms with Crippen molar-refractivity contribution >= 4 is 20.2 Å². The quantitative estimate of drug-likeness (QED) is 0.221. The Kier molecular flexibility index (Phi) is 8.21. The predicted octanol–water partition coefficient (Wildman–Crippen LogP) is 6.14. The second-order valence-corrected chi connectivity index (χ2v) is 10.2. The molecule has 0 saturated carbocycles. The van der Waals surface area contributed by atoms with Crippen LogP contribution in [0.1, 0.15) is 27.8 Å². The molecule has 6 nitrogen and oxygen atoms in total. The highest BCUT2D eigenvalue weighted by Gasteiger charge is 2.48. The van der Waals surface area contributed by atoms with E-state index in [9.17, 15) is 69.5 Å². The van der Waals surface area contributed by atoms with E-state index in [4.69, 9.17) is 0 Å². The van der Waals surface area contributed by atoms with Crippen LogP contribution >= 0.6 is 0 Å². The Morgan fingerprint density at radius 3 is 1.37 bits per heavy atom. The van der Waals surface area contributed by atoms with E-state index >= 15 is 0 Å². The van der Waals surface area contributed by atoms with Gasteiger partial charge in [-0.05, 0) is 30.7 Å². The van der Waals surface area contributed by atoms with Crippen LogP contribution < -0.4 is 0 Å². The minimum absolute atomic E-state index is 0.272. The van der Waals surface area contributed by atoms with Crippen LogP contribution in [0.2, 0.25) is 0 Å². The molecular formula is C18H10F12O6S2. The zero-order chi connectivity index (χ0) is 29.7. The molecule has 0 atom stereocenters. The van der Waals surface area contributed by atoms with Gasteiger partial charge < -0.3 is 0 Å². The number of aryl methyl sites for hydroxylation is 1. The van der Waals surface area contributed by atoms with Gasteiger partial charge in [-0.1, -0.05) is 12.1 Å². The molecule has 0 N–H and O–H groups in total. The van der Waals surface area contributed by atoms with Gasteiger partial charge in [-0.15, -0.1) is 0 Å². The lowest BCUT2D eigenvalue weighted by atomic mass is 10.0. The molecule has 0 fully saturated rings. The fourth-order valence-electron chi connectivity index (χ4n) is 2.95. The molecule has 0 bridgehead atoms. The van der Waals surface area contributed by atoms with Crippen LogP contribution in [0.4, 0.5) is 52.7 Å². The van der Waals surface area contributed by atoms with Gasteiger partial charge in [0.25, 0.3) is 20.2 Å². The van der Waals surface area contributed by atoms with Gasteiger partial charge in [0.1, 0.15) is 9.79 Å². The van der Waals surface area contributed by atoms with Gasteiger partial charge >= 0.3 is 24.7 Å². The van der Waals surface area contributed by atoms with Gasteiger partial charge in [0.15, 0.2) is 6.79 Å². The molecule has 0 amide bonds. The fourth-order valence-corrected chi connectivity index (χ4v) is 5.40. The molecule has 2 aromatic rings. The molecule has 0 radical (unpaired) electrons. The van der Waals surface area contributed by atoms with E-state index in [2.05, 4.69) is 8.37 Å². The summed E-state index contributed by atoms with van der Waals surface area (Å²) in [5.74, 6) is 0. The first-order valence-corrected chi connectivity index (χ1v) is 12.0. The molecule has 2 rings (SSSR count). The summed E-state index contributed by atoms with van der Waals surface area (Å²) in [6.45, 7) is -1.44. The third-order valence-electron chi connectivity index (χ3n) is 4.45. The monoisotopic (exact) mass is 614 g/mol. The lowest BCUT2D eigenvalue weighted by Gasteiger charge is -2.21. The summed E-state index contributed by atoms with van der Waals surface area (Å²) in [5, 5.41) is 0. The number of rotatable bonds is 6. The molecular weight excluding hydrogens is 604 g/mol. The van der Waals surface area contributed by atoms with E-state index in [1.54, 1.807) is 0 Å². The summed E-state index contributed by atoms with van der Waals surface area (Å²) in [4.78, 5) is -4.44. The van der Waals surface area contributed by atoms with E-state index in [0.29, 0.717) is 0 Å². The fraction of sp³-hybridized carbons (Fsp3) is 0.333. The lowest BCUT2D eigenvalue weighted by Crippen LogP contribution is -2.24. The minimum atomic E-state index is -6.42. The SMILES string of the molecule is Cc1cccc(C(F)(F)F)c1S(=O)(=O)OCOS(=O)(=O)c1c(C(F)(F)F)cc(C(F)(F)F)cc1C(F)(F)F. The van der Waals surface area contributed by atoms with Crippen molar-refractivity contribution in [1.29, 1.82) is 0 Å². The standard InChI is InChI=1S/C18H10F12O6S2/c1-8-3-2-4-10(16(22,23)24)13(8)37(31,32)35-7-36-38(33,34)14-11(17(25,26)27)5-9(15(19,20)21)6-12(14)18(28,29)30/h2-6H,7H2,1H3. The molecule has 2 aromatic carbocycles. The minimum Gasteiger partial charge on any atom is -0.236 e. The van der Waals surface area contributed by atoms with Crippen LogP contribution in [-0.2, 0) is 53.3 Å². The van der Waals surface area contributed by atoms with Gasteiger partial charge in [-0.2, -0.15) is 69.5 Å². The molecule has 0 aliphatic carbocycles. The zero-order valence-electron chi connectivity index (χ0n) is 17.9. The highest BCUT2D eigenvalue weighted by Crippen LogP contribution is 2.46. The lowest BCUT2D eigenvalue weighted by molar-refractivity contribution is -0.152. The second-order valence-electron chi connectivity index (χ2n) is 7.10. The molecule has 0 aliphatic rings. The number of halogens is 12. The number of alkyl halides is 12. The average Bonchev–Trinajstić information content (AvgIpc) is 2.69. The highest BCUT2D eigenvalue weighted by atomic mass is 32.2. The zero-order valence-corrected chi connectivity index (χ0v) is 19.5. The van der Waals surface area contributed by atoms with Gasteiger partial charge in [-0.3, -0.25) is 0 Å². The summed E-state index contributed by atoms with van der Waals surface area (Å²) in [6.07, 6.45) is -23.4. The Morgan fingerprint density at radius 2 is 1.00 bits per heavy atom. The average molecular weight is 614 g/mol. The summed E-state index contributed by atoms with van der Waals surface area (Å²) in [6, 6.07) is -0.0110. The number of benzene rings is 2. The molecule has 38 heavy (non-hydrogen) atoms. The van der Waals surface area contributed by atoms with E-state index in [-0.39, 0.29) is 6.07 Å². The van der Waals surface area contributed by atoms with Gasteiger partial charge in [0.05, 0.1) is 22.3 Å². The van der Waals surface area contributed by atoms with Gasteiger partial charge in [0, 0.05) is 0 Å². The largest absolute Gasteiger partial charge is 0.417 e. The van der Waals surface area contributed by atoms with Crippen LogP contribution in [0.5, 0.6) is 0 Å². The number of hydrogen-bond donors (Lipinski definition) is 0. The van der Waals surface area contributed by atoms with Crippen molar-refractivity contribution in [1.82, 2.24) is 0 Å². The Balaban J connectivity index is 2.60. The first-order chi connectivity index (χ1) is 16.8. The molecule has 20 heteroatoms. The van der Waals surface area contributed by atoms with E-state index in [1.807, 2.05) is 0 Å². The third kappa shape index (κ3) is 6.89. The van der Waals surface area contributed by atoms with Gasteiger partial charge in [0.2, 0.25) is 0 Å². The van der Waals surface area contributed by atoms with E-state index in [0.717, 1.165) is 19.1 Å². The van der Waals surface area contributed by atoms with Crippen LogP contribution in [0.25, 0.3) is 0 Å². The first-order valence-electron chi connectivity index (χ1n) is 9.15. The first kappa shape index (κ1) is 31.6. The normalized spacial score (nSPS) is 14.1. The van der Waals surface area contributed by atoms with Crippen molar-refractivity contribution < 1.29 is 77.9 Å². The summed E-state index contributed by atoms with van der Waals surface area (Å²) < 4.78 is 215. The molecule has 0 saturated heterocycles. The Morgan fingerprint density at radius 1 is 0.605 bits per heavy atom. The van der Waals surface area contributed by atoms with E-state index < -0.39 is 101 Å². The summed E-state index contributed by atoms with van der Waals surface area (Å²) >= 11 is 0. The van der Waals surface area contributed by atoms with Crippen LogP contribution in [-0.4, -0.2) is 23.6 Å². The summed E-state index contributed by atoms with van der Waals surface area (Å²) in [7, 11) is -12.0. The number of hydrogen-bond acceptors (Lipinski definition) is 6. The van der Waals surface area contributed by atoms with Gasteiger partial charge in [-0.25, -0.2) is 8.37 Å². The summed E-state index contributed by atoms with van der Waals surface area (Å²) in [5.41, 5.74) is -10.9. The predicted molar refractivity (Wildman–Crippen MR) is 99.0 cm³/mol. The van der Waals surface area contributed by atoms with Crippen LogP contribution in [0.3, 0.4) is 0 Å². The molecule has 0 aromatic heterocycles. The molecule has 0 spiro atoms. The van der Waals surface area contributed by atoms with Crippen molar-refractivity contribution in [2.45, 2.75) is 41.4 Å². The maximum absolute atomic E-state index is 13.4.